The Balaban J connectivity index is 1.39. The Morgan fingerprint density at radius 2 is 1.66 bits per heavy atom. The van der Waals surface area contributed by atoms with Crippen LogP contribution < -0.4 is 5.32 Å². The molecule has 0 aliphatic rings. The zero-order valence-corrected chi connectivity index (χ0v) is 17.9. The monoisotopic (exact) mass is 437 g/mol. The Kier molecular flexibility index (Phi) is 5.55. The van der Waals surface area contributed by atoms with Gasteiger partial charge in [0.15, 0.2) is 0 Å². The van der Waals surface area contributed by atoms with Gasteiger partial charge in [-0.1, -0.05) is 54.6 Å². The largest absolute Gasteiger partial charge is 0.310 e. The summed E-state index contributed by atoms with van der Waals surface area (Å²) in [6, 6.07) is 27.2. The standard InChI is InChI=1S/C25H19N5OS/c31-24(15-19-17-32-25(27-19)21-13-7-8-14-26-21)28-23-16-22(18-9-3-1-4-10-18)29-30(23)20-11-5-2-6-12-20/h1-14,16-17H,15H2,(H,28,31). The van der Waals surface area contributed by atoms with Crippen molar-refractivity contribution in [1.29, 1.82) is 0 Å². The van der Waals surface area contributed by atoms with Crippen LogP contribution in [-0.4, -0.2) is 25.7 Å². The van der Waals surface area contributed by atoms with Gasteiger partial charge in [0.05, 0.1) is 29.2 Å². The third kappa shape index (κ3) is 4.33. The van der Waals surface area contributed by atoms with Crippen LogP contribution in [0.4, 0.5) is 5.82 Å². The van der Waals surface area contributed by atoms with Crippen LogP contribution in [0.3, 0.4) is 0 Å². The van der Waals surface area contributed by atoms with Crippen LogP contribution in [0.5, 0.6) is 0 Å². The maximum Gasteiger partial charge on any atom is 0.231 e. The van der Waals surface area contributed by atoms with E-state index in [0.29, 0.717) is 11.5 Å². The molecule has 0 aliphatic carbocycles. The lowest BCUT2D eigenvalue weighted by molar-refractivity contribution is -0.115. The van der Waals surface area contributed by atoms with Crippen LogP contribution in [0, 0.1) is 0 Å². The number of hydrogen-bond acceptors (Lipinski definition) is 5. The highest BCUT2D eigenvalue weighted by Gasteiger charge is 2.15. The highest BCUT2D eigenvalue weighted by atomic mass is 32.1. The molecule has 0 saturated heterocycles. The molecule has 0 unspecified atom stereocenters. The second-order valence-corrected chi connectivity index (χ2v) is 7.97. The molecule has 156 valence electrons. The van der Waals surface area contributed by atoms with Crippen molar-refractivity contribution in [3.63, 3.8) is 0 Å². The van der Waals surface area contributed by atoms with Gasteiger partial charge in [-0.15, -0.1) is 11.3 Å². The van der Waals surface area contributed by atoms with Crippen molar-refractivity contribution >= 4 is 23.1 Å². The Labute approximate surface area is 189 Å². The average Bonchev–Trinajstić information content (AvgIpc) is 3.48. The number of nitrogens with one attached hydrogen (secondary N) is 1. The maximum atomic E-state index is 12.9. The lowest BCUT2D eigenvalue weighted by Crippen LogP contribution is -2.17. The lowest BCUT2D eigenvalue weighted by atomic mass is 10.1. The van der Waals surface area contributed by atoms with Crippen LogP contribution >= 0.6 is 11.3 Å². The third-order valence-electron chi connectivity index (χ3n) is 4.82. The fraction of sp³-hybridized carbons (Fsp3) is 0.0400. The molecule has 0 radical (unpaired) electrons. The van der Waals surface area contributed by atoms with Gasteiger partial charge in [0.2, 0.25) is 5.91 Å². The van der Waals surface area contributed by atoms with Gasteiger partial charge in [-0.05, 0) is 24.3 Å². The summed E-state index contributed by atoms with van der Waals surface area (Å²) in [6.07, 6.45) is 1.90. The van der Waals surface area contributed by atoms with Crippen molar-refractivity contribution in [2.45, 2.75) is 6.42 Å². The zero-order valence-electron chi connectivity index (χ0n) is 17.1. The van der Waals surface area contributed by atoms with E-state index in [4.69, 9.17) is 5.10 Å². The SMILES string of the molecule is O=C(Cc1csc(-c2ccccn2)n1)Nc1cc(-c2ccccc2)nn1-c1ccccc1. The van der Waals surface area contributed by atoms with Gasteiger partial charge in [-0.2, -0.15) is 5.10 Å². The Bertz CT molecular complexity index is 1330. The van der Waals surface area contributed by atoms with Gasteiger partial charge in [-0.3, -0.25) is 9.78 Å². The first-order chi connectivity index (χ1) is 15.8. The van der Waals surface area contributed by atoms with E-state index < -0.39 is 0 Å². The van der Waals surface area contributed by atoms with Gasteiger partial charge in [-0.25, -0.2) is 9.67 Å². The quantitative estimate of drug-likeness (QED) is 0.394. The molecule has 7 heteroatoms. The topological polar surface area (TPSA) is 72.7 Å². The van der Waals surface area contributed by atoms with Crippen molar-refractivity contribution < 1.29 is 4.79 Å². The van der Waals surface area contributed by atoms with Crippen LogP contribution in [0.1, 0.15) is 5.69 Å². The van der Waals surface area contributed by atoms with Crippen LogP contribution in [0.15, 0.2) is 96.5 Å². The molecule has 0 spiro atoms. The predicted octanol–water partition coefficient (Wildman–Crippen LogP) is 5.24. The highest BCUT2D eigenvalue weighted by Crippen LogP contribution is 2.25. The summed E-state index contributed by atoms with van der Waals surface area (Å²) in [7, 11) is 0. The number of amides is 1. The molecule has 2 aromatic carbocycles. The summed E-state index contributed by atoms with van der Waals surface area (Å²) in [6.45, 7) is 0. The molecule has 1 amide bonds. The number of para-hydroxylation sites is 1. The van der Waals surface area contributed by atoms with Crippen molar-refractivity contribution in [3.05, 3.63) is 102 Å². The van der Waals surface area contributed by atoms with Crippen molar-refractivity contribution in [3.8, 4) is 27.6 Å². The fourth-order valence-corrected chi connectivity index (χ4v) is 4.13. The Morgan fingerprint density at radius 1 is 0.906 bits per heavy atom. The second kappa shape index (κ2) is 8.95. The molecule has 1 N–H and O–H groups in total. The van der Waals surface area contributed by atoms with Crippen molar-refractivity contribution in [1.82, 2.24) is 19.7 Å². The molecule has 5 rings (SSSR count). The minimum atomic E-state index is -0.153. The first-order valence-electron chi connectivity index (χ1n) is 10.1. The molecule has 3 heterocycles. The first kappa shape index (κ1) is 19.8. The zero-order chi connectivity index (χ0) is 21.8. The van der Waals surface area contributed by atoms with Crippen LogP contribution in [0.25, 0.3) is 27.6 Å². The van der Waals surface area contributed by atoms with E-state index in [1.807, 2.05) is 90.3 Å². The number of rotatable bonds is 6. The van der Waals surface area contributed by atoms with Crippen LogP contribution in [-0.2, 0) is 11.2 Å². The fourth-order valence-electron chi connectivity index (χ4n) is 3.33. The maximum absolute atomic E-state index is 12.9. The number of carbonyl (C=O) groups excluding carboxylic acids is 1. The summed E-state index contributed by atoms with van der Waals surface area (Å²) in [4.78, 5) is 21.7. The predicted molar refractivity (Wildman–Crippen MR) is 127 cm³/mol. The highest BCUT2D eigenvalue weighted by molar-refractivity contribution is 7.13. The average molecular weight is 438 g/mol. The molecule has 5 aromatic rings. The van der Waals surface area contributed by atoms with E-state index in [-0.39, 0.29) is 12.3 Å². The van der Waals surface area contributed by atoms with Crippen LogP contribution in [0.2, 0.25) is 0 Å². The molecule has 0 atom stereocenters. The minimum absolute atomic E-state index is 0.153. The molecular weight excluding hydrogens is 418 g/mol. The van der Waals surface area contributed by atoms with E-state index in [0.717, 1.165) is 27.6 Å². The first-order valence-corrected chi connectivity index (χ1v) is 11.0. The lowest BCUT2D eigenvalue weighted by Gasteiger charge is -2.08. The Hall–Kier alpha value is -4.10. The summed E-state index contributed by atoms with van der Waals surface area (Å²) in [5.41, 5.74) is 4.16. The minimum Gasteiger partial charge on any atom is -0.310 e. The molecule has 0 fully saturated rings. The van der Waals surface area contributed by atoms with E-state index >= 15 is 0 Å². The molecule has 0 bridgehead atoms. The summed E-state index contributed by atoms with van der Waals surface area (Å²) in [5.74, 6) is 0.458. The number of nitrogens with zero attached hydrogens (tertiary/aromatic N) is 4. The number of aromatic nitrogens is 4. The second-order valence-electron chi connectivity index (χ2n) is 7.11. The summed E-state index contributed by atoms with van der Waals surface area (Å²) >= 11 is 1.48. The summed E-state index contributed by atoms with van der Waals surface area (Å²) < 4.78 is 1.75. The number of carbonyl (C=O) groups is 1. The molecule has 32 heavy (non-hydrogen) atoms. The number of anilines is 1. The van der Waals surface area contributed by atoms with E-state index in [1.165, 1.54) is 11.3 Å². The van der Waals surface area contributed by atoms with Crippen molar-refractivity contribution in [2.24, 2.45) is 0 Å². The van der Waals surface area contributed by atoms with Gasteiger partial charge in [0.1, 0.15) is 10.8 Å². The molecule has 3 aromatic heterocycles. The molecular formula is C25H19N5OS. The number of thiazole rings is 1. The van der Waals surface area contributed by atoms with E-state index in [9.17, 15) is 4.79 Å². The van der Waals surface area contributed by atoms with E-state index in [2.05, 4.69) is 15.3 Å². The molecule has 0 aliphatic heterocycles. The van der Waals surface area contributed by atoms with E-state index in [1.54, 1.807) is 10.9 Å². The number of benzene rings is 2. The van der Waals surface area contributed by atoms with Crippen molar-refractivity contribution in [2.75, 3.05) is 5.32 Å². The summed E-state index contributed by atoms with van der Waals surface area (Å²) in [5, 5.41) is 10.4. The van der Waals surface area contributed by atoms with Gasteiger partial charge < -0.3 is 5.32 Å². The molecule has 0 saturated carbocycles. The third-order valence-corrected chi connectivity index (χ3v) is 5.74. The normalized spacial score (nSPS) is 10.8. The Morgan fingerprint density at radius 3 is 2.41 bits per heavy atom. The van der Waals surface area contributed by atoms with Gasteiger partial charge in [0, 0.05) is 23.2 Å². The number of pyridine rings is 1. The number of hydrogen-bond donors (Lipinski definition) is 1. The van der Waals surface area contributed by atoms with Gasteiger partial charge in [0.25, 0.3) is 0 Å². The smallest absolute Gasteiger partial charge is 0.231 e. The molecule has 6 nitrogen and oxygen atoms in total. The van der Waals surface area contributed by atoms with Gasteiger partial charge >= 0.3 is 0 Å².